The van der Waals surface area contributed by atoms with E-state index >= 15 is 0 Å². The summed E-state index contributed by atoms with van der Waals surface area (Å²) in [6.07, 6.45) is 0. The second-order valence-corrected chi connectivity index (χ2v) is 7.62. The van der Waals surface area contributed by atoms with Crippen LogP contribution in [0.3, 0.4) is 0 Å². The Morgan fingerprint density at radius 3 is 1.33 bits per heavy atom. The van der Waals surface area contributed by atoms with Crippen LogP contribution in [-0.4, -0.2) is 20.5 Å². The molecule has 0 heterocycles. The number of nitrogens with one attached hydrogen (secondary N) is 2. The fourth-order valence-corrected chi connectivity index (χ4v) is 5.33. The highest BCUT2D eigenvalue weighted by Crippen LogP contribution is 2.00. The first kappa shape index (κ1) is 14.6. The van der Waals surface area contributed by atoms with Crippen LogP contribution in [0.15, 0.2) is 60.7 Å². The van der Waals surface area contributed by atoms with E-state index in [2.05, 4.69) is 9.96 Å². The first-order valence-electron chi connectivity index (χ1n) is 6.31. The summed E-state index contributed by atoms with van der Waals surface area (Å²) in [5.41, 5.74) is 10.6. The summed E-state index contributed by atoms with van der Waals surface area (Å²) < 4.78 is 0. The molecule has 2 rings (SSSR count). The van der Waals surface area contributed by atoms with Crippen molar-refractivity contribution in [3.05, 3.63) is 60.7 Å². The number of primary amides is 2. The zero-order valence-electron chi connectivity index (χ0n) is 11.2. The molecule has 21 heavy (non-hydrogen) atoms. The van der Waals surface area contributed by atoms with Gasteiger partial charge in [-0.15, -0.1) is 0 Å². The third-order valence-electron chi connectivity index (χ3n) is 3.04. The molecule has 108 valence electrons. The van der Waals surface area contributed by atoms with Crippen LogP contribution >= 0.6 is 0 Å². The van der Waals surface area contributed by atoms with Crippen LogP contribution < -0.4 is 31.8 Å². The van der Waals surface area contributed by atoms with Gasteiger partial charge in [-0.3, -0.25) is 0 Å². The monoisotopic (exact) mass is 300 g/mol. The Morgan fingerprint density at radius 2 is 1.05 bits per heavy atom. The topological polar surface area (TPSA) is 110 Å². The molecule has 2 aromatic rings. The van der Waals surface area contributed by atoms with Crippen LogP contribution in [-0.2, 0) is 0 Å². The highest BCUT2D eigenvalue weighted by Gasteiger charge is 2.41. The van der Waals surface area contributed by atoms with Gasteiger partial charge in [0.05, 0.1) is 0 Å². The normalized spacial score (nSPS) is 10.7. The van der Waals surface area contributed by atoms with E-state index in [0.717, 1.165) is 10.4 Å². The summed E-state index contributed by atoms with van der Waals surface area (Å²) in [5, 5.41) is 1.54. The number of carbonyl (C=O) groups is 2. The Kier molecular flexibility index (Phi) is 4.24. The van der Waals surface area contributed by atoms with E-state index in [4.69, 9.17) is 11.5 Å². The van der Waals surface area contributed by atoms with Crippen LogP contribution in [0.25, 0.3) is 0 Å². The molecule has 4 amide bonds. The quantitative estimate of drug-likeness (QED) is 0.575. The molecule has 2 aromatic carbocycles. The molecule has 0 aromatic heterocycles. The second kappa shape index (κ2) is 6.10. The van der Waals surface area contributed by atoms with Gasteiger partial charge in [0, 0.05) is 0 Å². The molecule has 0 aliphatic carbocycles. The van der Waals surface area contributed by atoms with Gasteiger partial charge < -0.3 is 21.4 Å². The van der Waals surface area contributed by atoms with Crippen molar-refractivity contribution in [2.45, 2.75) is 0 Å². The third kappa shape index (κ3) is 3.21. The Bertz CT molecular complexity index is 576. The highest BCUT2D eigenvalue weighted by atomic mass is 28.3. The van der Waals surface area contributed by atoms with E-state index in [1.54, 1.807) is 0 Å². The zero-order valence-corrected chi connectivity index (χ0v) is 12.2. The van der Waals surface area contributed by atoms with Crippen LogP contribution in [0.1, 0.15) is 0 Å². The molecule has 0 radical (unpaired) electrons. The molecule has 0 bridgehead atoms. The maximum absolute atomic E-state index is 11.5. The number of urea groups is 2. The third-order valence-corrected chi connectivity index (χ3v) is 6.68. The van der Waals surface area contributed by atoms with Crippen LogP contribution in [0.5, 0.6) is 0 Å². The van der Waals surface area contributed by atoms with Crippen molar-refractivity contribution in [1.82, 2.24) is 9.96 Å². The molecule has 0 saturated heterocycles. The highest BCUT2D eigenvalue weighted by molar-refractivity contribution is 7.01. The van der Waals surface area contributed by atoms with Crippen molar-refractivity contribution < 1.29 is 9.59 Å². The van der Waals surface area contributed by atoms with E-state index in [1.165, 1.54) is 0 Å². The molecular weight excluding hydrogens is 284 g/mol. The molecule has 0 saturated carbocycles. The number of rotatable bonds is 4. The van der Waals surface area contributed by atoms with Gasteiger partial charge in [0.25, 0.3) is 0 Å². The smallest absolute Gasteiger partial charge is 0.333 e. The van der Waals surface area contributed by atoms with Crippen molar-refractivity contribution >= 4 is 30.8 Å². The lowest BCUT2D eigenvalue weighted by atomic mass is 10.4. The summed E-state index contributed by atoms with van der Waals surface area (Å²) >= 11 is 0. The number of hydrogen-bond acceptors (Lipinski definition) is 2. The van der Waals surface area contributed by atoms with Crippen LogP contribution in [0.2, 0.25) is 0 Å². The standard InChI is InChI=1S/C14H16N4O2Si/c15-13(19)17-21(18-14(16)20,11-7-3-1-4-8-11)12-9-5-2-6-10-12/h1-10H,(H3,15,17,19)(H3,16,18,20). The minimum Gasteiger partial charge on any atom is -0.352 e. The minimum absolute atomic E-state index is 0.719. The molecule has 0 aliphatic rings. The molecule has 0 spiro atoms. The van der Waals surface area contributed by atoms with Gasteiger partial charge in [-0.05, 0) is 10.4 Å². The van der Waals surface area contributed by atoms with Crippen molar-refractivity contribution in [2.24, 2.45) is 11.5 Å². The molecular formula is C14H16N4O2Si. The second-order valence-electron chi connectivity index (χ2n) is 4.46. The van der Waals surface area contributed by atoms with Crippen molar-refractivity contribution in [2.75, 3.05) is 0 Å². The van der Waals surface area contributed by atoms with Crippen LogP contribution in [0, 0.1) is 0 Å². The number of hydrogen-bond donors (Lipinski definition) is 4. The van der Waals surface area contributed by atoms with Gasteiger partial charge >= 0.3 is 20.5 Å². The van der Waals surface area contributed by atoms with Crippen LogP contribution in [0.4, 0.5) is 9.59 Å². The van der Waals surface area contributed by atoms with Gasteiger partial charge in [0.2, 0.25) is 0 Å². The largest absolute Gasteiger partial charge is 0.352 e. The number of carbonyl (C=O) groups excluding carboxylic acids is 2. The number of nitrogens with two attached hydrogens (primary N) is 2. The first-order valence-corrected chi connectivity index (χ1v) is 8.31. The van der Waals surface area contributed by atoms with E-state index in [1.807, 2.05) is 60.7 Å². The minimum atomic E-state index is -3.12. The summed E-state index contributed by atoms with van der Waals surface area (Å²) in [6.45, 7) is 0. The number of benzene rings is 2. The van der Waals surface area contributed by atoms with Crippen molar-refractivity contribution in [1.29, 1.82) is 0 Å². The summed E-state index contributed by atoms with van der Waals surface area (Å²) in [6, 6.07) is 16.9. The predicted octanol–water partition coefficient (Wildman–Crippen LogP) is -0.420. The fourth-order valence-electron chi connectivity index (χ4n) is 2.23. The van der Waals surface area contributed by atoms with E-state index in [9.17, 15) is 9.59 Å². The lowest BCUT2D eigenvalue weighted by Gasteiger charge is -2.31. The Balaban J connectivity index is 2.64. The SMILES string of the molecule is NC(=O)N[Si](NC(N)=O)(c1ccccc1)c1ccccc1. The summed E-state index contributed by atoms with van der Waals surface area (Å²) in [4.78, 5) is 28.4. The van der Waals surface area contributed by atoms with Crippen molar-refractivity contribution in [3.63, 3.8) is 0 Å². The average molecular weight is 300 g/mol. The summed E-state index contributed by atoms with van der Waals surface area (Å²) in [5.74, 6) is 0. The van der Waals surface area contributed by atoms with Gasteiger partial charge in [-0.25, -0.2) is 9.59 Å². The molecule has 0 aliphatic heterocycles. The predicted molar refractivity (Wildman–Crippen MR) is 83.3 cm³/mol. The lowest BCUT2D eigenvalue weighted by molar-refractivity contribution is 0.251. The zero-order chi connectivity index (χ0) is 15.3. The Labute approximate surface area is 123 Å². The molecule has 0 unspecified atom stereocenters. The summed E-state index contributed by atoms with van der Waals surface area (Å²) in [7, 11) is -3.12. The fraction of sp³-hybridized carbons (Fsp3) is 0. The van der Waals surface area contributed by atoms with E-state index in [0.29, 0.717) is 0 Å². The molecule has 7 heteroatoms. The van der Waals surface area contributed by atoms with Crippen molar-refractivity contribution in [3.8, 4) is 0 Å². The Morgan fingerprint density at radius 1 is 0.714 bits per heavy atom. The van der Waals surface area contributed by atoms with Gasteiger partial charge in [0.1, 0.15) is 0 Å². The maximum Gasteiger partial charge on any atom is 0.333 e. The van der Waals surface area contributed by atoms with Gasteiger partial charge in [-0.1, -0.05) is 60.7 Å². The van der Waals surface area contributed by atoms with E-state index < -0.39 is 20.5 Å². The number of amides is 4. The Hall–Kier alpha value is -2.80. The average Bonchev–Trinajstić information content (AvgIpc) is 2.47. The molecule has 6 N–H and O–H groups in total. The lowest BCUT2D eigenvalue weighted by Crippen LogP contribution is -2.80. The van der Waals surface area contributed by atoms with Gasteiger partial charge in [0.15, 0.2) is 0 Å². The first-order chi connectivity index (χ1) is 10.0. The molecule has 0 fully saturated rings. The van der Waals surface area contributed by atoms with E-state index in [-0.39, 0.29) is 0 Å². The maximum atomic E-state index is 11.5. The molecule has 0 atom stereocenters. The molecule has 6 nitrogen and oxygen atoms in total. The van der Waals surface area contributed by atoms with Gasteiger partial charge in [-0.2, -0.15) is 0 Å².